The van der Waals surface area contributed by atoms with Crippen molar-refractivity contribution in [3.63, 3.8) is 0 Å². The first kappa shape index (κ1) is 15.0. The van der Waals surface area contributed by atoms with Gasteiger partial charge in [0.2, 0.25) is 5.91 Å². The first-order chi connectivity index (χ1) is 8.56. The molecule has 4 heteroatoms. The SMILES string of the molecule is C#CCNC(=O)C(C)N(C)CC1CCCCC1O. The van der Waals surface area contributed by atoms with Gasteiger partial charge < -0.3 is 10.4 Å². The minimum Gasteiger partial charge on any atom is -0.393 e. The lowest BCUT2D eigenvalue weighted by Gasteiger charge is -2.33. The van der Waals surface area contributed by atoms with Crippen LogP contribution in [0.2, 0.25) is 0 Å². The molecule has 0 aromatic rings. The highest BCUT2D eigenvalue weighted by Crippen LogP contribution is 2.25. The number of likely N-dealkylation sites (N-methyl/N-ethyl adjacent to an activating group) is 1. The molecule has 0 aliphatic heterocycles. The maximum atomic E-state index is 11.8. The summed E-state index contributed by atoms with van der Waals surface area (Å²) in [6, 6.07) is -0.215. The zero-order valence-corrected chi connectivity index (χ0v) is 11.4. The minimum absolute atomic E-state index is 0.0549. The number of rotatable bonds is 5. The number of aliphatic hydroxyl groups is 1. The van der Waals surface area contributed by atoms with Gasteiger partial charge in [-0.05, 0) is 32.7 Å². The van der Waals surface area contributed by atoms with Crippen molar-refractivity contribution in [2.24, 2.45) is 5.92 Å². The lowest BCUT2D eigenvalue weighted by Crippen LogP contribution is -2.46. The molecule has 102 valence electrons. The predicted octanol–water partition coefficient (Wildman–Crippen LogP) is 0.607. The van der Waals surface area contributed by atoms with Gasteiger partial charge in [0.25, 0.3) is 0 Å². The number of terminal acetylenes is 1. The maximum absolute atomic E-state index is 11.8. The fourth-order valence-corrected chi connectivity index (χ4v) is 2.42. The second-order valence-electron chi connectivity index (χ2n) is 5.15. The molecule has 0 aromatic heterocycles. The minimum atomic E-state index is -0.220. The lowest BCUT2D eigenvalue weighted by atomic mass is 9.86. The van der Waals surface area contributed by atoms with Crippen molar-refractivity contribution in [2.75, 3.05) is 20.1 Å². The van der Waals surface area contributed by atoms with E-state index in [2.05, 4.69) is 11.2 Å². The van der Waals surface area contributed by atoms with Gasteiger partial charge >= 0.3 is 0 Å². The van der Waals surface area contributed by atoms with E-state index in [1.165, 1.54) is 6.42 Å². The summed E-state index contributed by atoms with van der Waals surface area (Å²) in [5, 5.41) is 12.6. The van der Waals surface area contributed by atoms with Crippen molar-refractivity contribution in [3.8, 4) is 12.3 Å². The van der Waals surface area contributed by atoms with Gasteiger partial charge in [0, 0.05) is 6.54 Å². The summed E-state index contributed by atoms with van der Waals surface area (Å²) in [7, 11) is 1.92. The molecule has 1 saturated carbocycles. The summed E-state index contributed by atoms with van der Waals surface area (Å²) < 4.78 is 0. The molecule has 0 saturated heterocycles. The van der Waals surface area contributed by atoms with Gasteiger partial charge in [-0.15, -0.1) is 6.42 Å². The highest BCUT2D eigenvalue weighted by Gasteiger charge is 2.27. The molecule has 2 N–H and O–H groups in total. The Morgan fingerprint density at radius 1 is 1.56 bits per heavy atom. The molecule has 1 aliphatic carbocycles. The molecule has 1 aliphatic rings. The van der Waals surface area contributed by atoms with Gasteiger partial charge in [-0.25, -0.2) is 0 Å². The molecular formula is C14H24N2O2. The number of nitrogens with one attached hydrogen (secondary N) is 1. The standard InChI is InChI=1S/C14H24N2O2/c1-4-9-15-14(18)11(2)16(3)10-12-7-5-6-8-13(12)17/h1,11-13,17H,5-10H2,2-3H3,(H,15,18). The van der Waals surface area contributed by atoms with Crippen LogP contribution in [-0.2, 0) is 4.79 Å². The Hall–Kier alpha value is -1.05. The van der Waals surface area contributed by atoms with Gasteiger partial charge in [0.05, 0.1) is 18.7 Å². The van der Waals surface area contributed by atoms with Gasteiger partial charge in [-0.3, -0.25) is 9.69 Å². The quantitative estimate of drug-likeness (QED) is 0.705. The van der Waals surface area contributed by atoms with Gasteiger partial charge in [-0.1, -0.05) is 18.8 Å². The Bertz CT molecular complexity index is 311. The van der Waals surface area contributed by atoms with E-state index in [0.717, 1.165) is 25.8 Å². The highest BCUT2D eigenvalue weighted by atomic mass is 16.3. The van der Waals surface area contributed by atoms with E-state index in [-0.39, 0.29) is 30.5 Å². The Morgan fingerprint density at radius 3 is 2.83 bits per heavy atom. The molecule has 1 fully saturated rings. The fraction of sp³-hybridized carbons (Fsp3) is 0.786. The van der Waals surface area contributed by atoms with Crippen LogP contribution in [0, 0.1) is 18.3 Å². The lowest BCUT2D eigenvalue weighted by molar-refractivity contribution is -0.125. The average Bonchev–Trinajstić information content (AvgIpc) is 2.37. The average molecular weight is 252 g/mol. The Kier molecular flexibility index (Phi) is 6.17. The van der Waals surface area contributed by atoms with E-state index in [1.54, 1.807) is 0 Å². The van der Waals surface area contributed by atoms with Crippen LogP contribution in [0.3, 0.4) is 0 Å². The van der Waals surface area contributed by atoms with Crippen LogP contribution in [0.5, 0.6) is 0 Å². The third kappa shape index (κ3) is 4.32. The zero-order valence-electron chi connectivity index (χ0n) is 11.4. The molecule has 3 unspecified atom stereocenters. The third-order valence-electron chi connectivity index (χ3n) is 3.80. The number of carbonyl (C=O) groups is 1. The van der Waals surface area contributed by atoms with Crippen molar-refractivity contribution in [1.82, 2.24) is 10.2 Å². The topological polar surface area (TPSA) is 52.6 Å². The number of hydrogen-bond donors (Lipinski definition) is 2. The van der Waals surface area contributed by atoms with Crippen LogP contribution in [0.1, 0.15) is 32.6 Å². The van der Waals surface area contributed by atoms with Crippen LogP contribution in [0.15, 0.2) is 0 Å². The Labute approximate surface area is 110 Å². The second-order valence-corrected chi connectivity index (χ2v) is 5.15. The maximum Gasteiger partial charge on any atom is 0.237 e. The fourth-order valence-electron chi connectivity index (χ4n) is 2.42. The number of aliphatic hydroxyl groups excluding tert-OH is 1. The molecule has 0 spiro atoms. The van der Waals surface area contributed by atoms with Gasteiger partial charge in [0.1, 0.15) is 0 Å². The number of amides is 1. The van der Waals surface area contributed by atoms with E-state index in [9.17, 15) is 9.90 Å². The first-order valence-corrected chi connectivity index (χ1v) is 6.65. The summed E-state index contributed by atoms with van der Waals surface area (Å²) in [5.41, 5.74) is 0. The molecule has 4 nitrogen and oxygen atoms in total. The van der Waals surface area contributed by atoms with Crippen LogP contribution in [-0.4, -0.2) is 48.2 Å². The van der Waals surface area contributed by atoms with Gasteiger partial charge in [0.15, 0.2) is 0 Å². The number of hydrogen-bond acceptors (Lipinski definition) is 3. The van der Waals surface area contributed by atoms with E-state index in [1.807, 2.05) is 18.9 Å². The molecule has 1 amide bonds. The van der Waals surface area contributed by atoms with E-state index in [4.69, 9.17) is 6.42 Å². The van der Waals surface area contributed by atoms with Crippen molar-refractivity contribution in [1.29, 1.82) is 0 Å². The molecule has 0 radical (unpaired) electrons. The van der Waals surface area contributed by atoms with E-state index >= 15 is 0 Å². The largest absolute Gasteiger partial charge is 0.393 e. The highest BCUT2D eigenvalue weighted by molar-refractivity contribution is 5.81. The monoisotopic (exact) mass is 252 g/mol. The van der Waals surface area contributed by atoms with Crippen LogP contribution in [0.25, 0.3) is 0 Å². The summed E-state index contributed by atoms with van der Waals surface area (Å²) >= 11 is 0. The summed E-state index contributed by atoms with van der Waals surface area (Å²) in [6.07, 6.45) is 9.10. The Balaban J connectivity index is 2.41. The summed E-state index contributed by atoms with van der Waals surface area (Å²) in [6.45, 7) is 2.88. The molecule has 1 rings (SSSR count). The van der Waals surface area contributed by atoms with Gasteiger partial charge in [-0.2, -0.15) is 0 Å². The van der Waals surface area contributed by atoms with Crippen molar-refractivity contribution < 1.29 is 9.90 Å². The third-order valence-corrected chi connectivity index (χ3v) is 3.80. The summed E-state index contributed by atoms with van der Waals surface area (Å²) in [5.74, 6) is 2.62. The van der Waals surface area contributed by atoms with Crippen LogP contribution in [0.4, 0.5) is 0 Å². The molecule has 3 atom stereocenters. The van der Waals surface area contributed by atoms with E-state index < -0.39 is 0 Å². The normalized spacial score (nSPS) is 25.5. The number of nitrogens with zero attached hydrogens (tertiary/aromatic N) is 1. The van der Waals surface area contributed by atoms with Crippen LogP contribution >= 0.6 is 0 Å². The number of carbonyl (C=O) groups excluding carboxylic acids is 1. The van der Waals surface area contributed by atoms with Crippen molar-refractivity contribution in [2.45, 2.75) is 44.8 Å². The predicted molar refractivity (Wildman–Crippen MR) is 71.9 cm³/mol. The summed E-state index contributed by atoms with van der Waals surface area (Å²) in [4.78, 5) is 13.7. The molecule has 0 bridgehead atoms. The smallest absolute Gasteiger partial charge is 0.237 e. The first-order valence-electron chi connectivity index (χ1n) is 6.65. The molecule has 18 heavy (non-hydrogen) atoms. The second kappa shape index (κ2) is 7.40. The molecular weight excluding hydrogens is 228 g/mol. The van der Waals surface area contributed by atoms with Crippen molar-refractivity contribution >= 4 is 5.91 Å². The van der Waals surface area contributed by atoms with E-state index in [0.29, 0.717) is 0 Å². The van der Waals surface area contributed by atoms with Crippen LogP contribution < -0.4 is 5.32 Å². The zero-order chi connectivity index (χ0) is 13.5. The molecule has 0 aromatic carbocycles. The Morgan fingerprint density at radius 2 is 2.22 bits per heavy atom. The van der Waals surface area contributed by atoms with Crippen molar-refractivity contribution in [3.05, 3.63) is 0 Å². The molecule has 0 heterocycles.